The molecule has 0 aliphatic rings. The number of hydrogen-bond donors (Lipinski definition) is 0. The van der Waals surface area contributed by atoms with E-state index >= 15 is 0 Å². The van der Waals surface area contributed by atoms with Crippen molar-refractivity contribution in [3.05, 3.63) is 58.0 Å². The van der Waals surface area contributed by atoms with E-state index in [0.29, 0.717) is 10.4 Å². The lowest BCUT2D eigenvalue weighted by molar-refractivity contribution is 0.564. The molecule has 0 aliphatic heterocycles. The lowest BCUT2D eigenvalue weighted by Gasteiger charge is -2.23. The van der Waals surface area contributed by atoms with Gasteiger partial charge in [0.05, 0.1) is 10.4 Å². The van der Waals surface area contributed by atoms with Gasteiger partial charge in [0.1, 0.15) is 11.9 Å². The third-order valence-corrected chi connectivity index (χ3v) is 5.76. The summed E-state index contributed by atoms with van der Waals surface area (Å²) >= 11 is 0. The van der Waals surface area contributed by atoms with Crippen molar-refractivity contribution in [2.75, 3.05) is 0 Å². The molecular weight excluding hydrogens is 344 g/mol. The van der Waals surface area contributed by atoms with Gasteiger partial charge in [0.25, 0.3) is 0 Å². The molecule has 2 heteroatoms. The zero-order valence-electron chi connectivity index (χ0n) is 17.3. The molecule has 0 saturated heterocycles. The monoisotopic (exact) mass is 368 g/mol. The van der Waals surface area contributed by atoms with Gasteiger partial charge < -0.3 is 0 Å². The van der Waals surface area contributed by atoms with Crippen LogP contribution in [0.4, 0.5) is 0 Å². The second-order valence-corrected chi connectivity index (χ2v) is 9.76. The Hall–Kier alpha value is -2.92. The fourth-order valence-electron chi connectivity index (χ4n) is 4.07. The predicted molar refractivity (Wildman–Crippen MR) is 116 cm³/mol. The Labute approximate surface area is 164 Å². The van der Waals surface area contributed by atoms with Crippen LogP contribution >= 0.6 is 0 Å². The standard InChI is InChI=1S/C26H24O2/c1-25(2,3)17-9-15-7-8-16-10-18(26(4,5)6)12-20-22(14-28)21(13-27)19(11-17)23(15)24(16)20/h7-12H,1-6H3. The first-order chi connectivity index (χ1) is 13.1. The van der Waals surface area contributed by atoms with Crippen LogP contribution in [0, 0.1) is 0 Å². The van der Waals surface area contributed by atoms with Crippen molar-refractivity contribution in [1.29, 1.82) is 0 Å². The number of benzene rings is 4. The Bertz CT molecular complexity index is 1310. The maximum atomic E-state index is 12.0. The lowest BCUT2D eigenvalue weighted by Crippen LogP contribution is -2.30. The Morgan fingerprint density at radius 3 is 1.25 bits per heavy atom. The Morgan fingerprint density at radius 1 is 0.607 bits per heavy atom. The van der Waals surface area contributed by atoms with Gasteiger partial charge in [0.15, 0.2) is 0 Å². The molecule has 0 aromatic heterocycles. The molecule has 0 bridgehead atoms. The minimum Gasteiger partial charge on any atom is -0.233 e. The zero-order chi connectivity index (χ0) is 20.4. The highest BCUT2D eigenvalue weighted by Crippen LogP contribution is 2.37. The fraction of sp³-hybridized carbons (Fsp3) is 0.308. The van der Waals surface area contributed by atoms with E-state index in [1.54, 1.807) is 0 Å². The molecule has 0 N–H and O–H groups in total. The molecule has 0 fully saturated rings. The lowest BCUT2D eigenvalue weighted by atomic mass is 9.80. The van der Waals surface area contributed by atoms with Gasteiger partial charge >= 0.3 is 0 Å². The number of rotatable bonds is 0. The first kappa shape index (κ1) is 18.4. The SMILES string of the molecule is CC(C)(C)c1cc2ccc3cc(C(C)(C)C)cc4c(=C=O)c(=C=O)c(c1)c2c34. The van der Waals surface area contributed by atoms with Crippen LogP contribution in [0.3, 0.4) is 0 Å². The molecule has 4 aromatic rings. The smallest absolute Gasteiger partial charge is 0.134 e. The van der Waals surface area contributed by atoms with E-state index in [4.69, 9.17) is 0 Å². The van der Waals surface area contributed by atoms with Gasteiger partial charge in [-0.25, -0.2) is 9.59 Å². The average molecular weight is 368 g/mol. The maximum Gasteiger partial charge on any atom is 0.134 e. The van der Waals surface area contributed by atoms with Crippen LogP contribution in [0.5, 0.6) is 0 Å². The fourth-order valence-corrected chi connectivity index (χ4v) is 4.07. The van der Waals surface area contributed by atoms with Gasteiger partial charge in [0.2, 0.25) is 0 Å². The van der Waals surface area contributed by atoms with Crippen LogP contribution in [-0.2, 0) is 20.4 Å². The van der Waals surface area contributed by atoms with Crippen molar-refractivity contribution in [3.8, 4) is 0 Å². The van der Waals surface area contributed by atoms with E-state index in [2.05, 4.69) is 77.7 Å². The molecule has 2 nitrogen and oxygen atoms in total. The van der Waals surface area contributed by atoms with Crippen molar-refractivity contribution in [3.63, 3.8) is 0 Å². The van der Waals surface area contributed by atoms with Crippen LogP contribution in [0.25, 0.3) is 32.3 Å². The Morgan fingerprint density at radius 2 is 0.964 bits per heavy atom. The van der Waals surface area contributed by atoms with E-state index < -0.39 is 0 Å². The summed E-state index contributed by atoms with van der Waals surface area (Å²) in [6.07, 6.45) is 0. The molecule has 0 radical (unpaired) electrons. The third kappa shape index (κ3) is 2.58. The van der Waals surface area contributed by atoms with Crippen molar-refractivity contribution < 1.29 is 9.59 Å². The highest BCUT2D eigenvalue weighted by atomic mass is 16.1. The molecule has 0 saturated carbocycles. The first-order valence-corrected chi connectivity index (χ1v) is 9.63. The maximum absolute atomic E-state index is 12.0. The van der Waals surface area contributed by atoms with E-state index in [1.807, 2.05) is 12.1 Å². The largest absolute Gasteiger partial charge is 0.233 e. The van der Waals surface area contributed by atoms with Crippen LogP contribution in [-0.4, -0.2) is 11.9 Å². The van der Waals surface area contributed by atoms with Crippen molar-refractivity contribution in [1.82, 2.24) is 0 Å². The average Bonchev–Trinajstić information content (AvgIpc) is 2.62. The highest BCUT2D eigenvalue weighted by Gasteiger charge is 2.21. The summed E-state index contributed by atoms with van der Waals surface area (Å²) in [6, 6.07) is 12.7. The summed E-state index contributed by atoms with van der Waals surface area (Å²) in [7, 11) is 0. The quantitative estimate of drug-likeness (QED) is 0.436. The van der Waals surface area contributed by atoms with Gasteiger partial charge in [0, 0.05) is 10.8 Å². The van der Waals surface area contributed by atoms with Gasteiger partial charge in [-0.2, -0.15) is 0 Å². The molecule has 4 aromatic carbocycles. The second kappa shape index (κ2) is 5.79. The summed E-state index contributed by atoms with van der Waals surface area (Å²) < 4.78 is 0. The summed E-state index contributed by atoms with van der Waals surface area (Å²) in [5, 5.41) is 6.43. The normalized spacial score (nSPS) is 12.6. The topological polar surface area (TPSA) is 34.1 Å². The third-order valence-electron chi connectivity index (χ3n) is 5.76. The predicted octanol–water partition coefficient (Wildman–Crippen LogP) is 4.19. The van der Waals surface area contributed by atoms with Crippen LogP contribution in [0.2, 0.25) is 0 Å². The highest BCUT2D eigenvalue weighted by molar-refractivity contribution is 6.24. The van der Waals surface area contributed by atoms with Crippen LogP contribution < -0.4 is 10.4 Å². The molecule has 0 atom stereocenters. The minimum atomic E-state index is -0.0743. The van der Waals surface area contributed by atoms with E-state index in [1.165, 1.54) is 0 Å². The summed E-state index contributed by atoms with van der Waals surface area (Å²) in [4.78, 5) is 24.0. The van der Waals surface area contributed by atoms with Gasteiger partial charge in [-0.15, -0.1) is 0 Å². The zero-order valence-corrected chi connectivity index (χ0v) is 17.3. The molecule has 140 valence electrons. The molecule has 0 aliphatic carbocycles. The van der Waals surface area contributed by atoms with Gasteiger partial charge in [-0.05, 0) is 55.6 Å². The van der Waals surface area contributed by atoms with Crippen LogP contribution in [0.1, 0.15) is 52.7 Å². The second-order valence-electron chi connectivity index (χ2n) is 9.76. The number of carbonyl (C=O) groups excluding carboxylic acids is 2. The Balaban J connectivity index is 2.41. The minimum absolute atomic E-state index is 0.0743. The summed E-state index contributed by atoms with van der Waals surface area (Å²) in [5.74, 6) is 4.11. The Kier molecular flexibility index (Phi) is 3.81. The van der Waals surface area contributed by atoms with Gasteiger partial charge in [-0.3, -0.25) is 0 Å². The molecule has 0 spiro atoms. The molecule has 0 amide bonds. The van der Waals surface area contributed by atoms with E-state index in [-0.39, 0.29) is 10.8 Å². The van der Waals surface area contributed by atoms with E-state index in [0.717, 1.165) is 43.4 Å². The first-order valence-electron chi connectivity index (χ1n) is 9.63. The summed E-state index contributed by atoms with van der Waals surface area (Å²) in [6.45, 7) is 12.9. The molecule has 0 heterocycles. The summed E-state index contributed by atoms with van der Waals surface area (Å²) in [5.41, 5.74) is 2.11. The van der Waals surface area contributed by atoms with Crippen molar-refractivity contribution in [2.45, 2.75) is 52.4 Å². The van der Waals surface area contributed by atoms with Gasteiger partial charge in [-0.1, -0.05) is 65.8 Å². The molecule has 4 rings (SSSR count). The van der Waals surface area contributed by atoms with Crippen molar-refractivity contribution in [2.24, 2.45) is 0 Å². The van der Waals surface area contributed by atoms with E-state index in [9.17, 15) is 9.59 Å². The number of hydrogen-bond acceptors (Lipinski definition) is 2. The molecular formula is C26H24O2. The molecule has 0 unspecified atom stereocenters. The van der Waals surface area contributed by atoms with Crippen LogP contribution in [0.15, 0.2) is 36.4 Å². The van der Waals surface area contributed by atoms with Crippen molar-refractivity contribution >= 4 is 44.2 Å². The molecule has 28 heavy (non-hydrogen) atoms.